The zero-order chi connectivity index (χ0) is 21.7. The van der Waals surface area contributed by atoms with Crippen LogP contribution in [0.4, 0.5) is 5.82 Å². The van der Waals surface area contributed by atoms with E-state index in [-0.39, 0.29) is 6.04 Å². The predicted octanol–water partition coefficient (Wildman–Crippen LogP) is 1.85. The zero-order valence-corrected chi connectivity index (χ0v) is 18.5. The van der Waals surface area contributed by atoms with Crippen molar-refractivity contribution in [2.75, 3.05) is 44.7 Å². The largest absolute Gasteiger partial charge is 0.480 e. The van der Waals surface area contributed by atoms with Crippen LogP contribution in [0, 0.1) is 5.41 Å². The molecule has 0 saturated carbocycles. The molecular formula is C22H36N6O2. The van der Waals surface area contributed by atoms with Crippen LogP contribution in [0.3, 0.4) is 0 Å². The Kier molecular flexibility index (Phi) is 7.66. The van der Waals surface area contributed by atoms with Crippen LogP contribution in [0.25, 0.3) is 0 Å². The molecule has 2 aliphatic heterocycles. The van der Waals surface area contributed by atoms with Crippen LogP contribution in [-0.4, -0.2) is 89.6 Å². The molecule has 2 fully saturated rings. The number of hydrogen-bond acceptors (Lipinski definition) is 6. The zero-order valence-electron chi connectivity index (χ0n) is 18.5. The Morgan fingerprint density at radius 2 is 2.03 bits per heavy atom. The second-order valence-electron chi connectivity index (χ2n) is 8.47. The van der Waals surface area contributed by atoms with Crippen LogP contribution >= 0.6 is 0 Å². The van der Waals surface area contributed by atoms with Crippen molar-refractivity contribution in [1.29, 1.82) is 5.41 Å². The molecule has 0 radical (unpaired) electrons. The molecular weight excluding hydrogens is 380 g/mol. The van der Waals surface area contributed by atoms with Crippen LogP contribution in [-0.2, 0) is 4.79 Å². The van der Waals surface area contributed by atoms with E-state index in [4.69, 9.17) is 5.41 Å². The molecule has 0 bridgehead atoms. The molecule has 0 spiro atoms. The number of anilines is 1. The average molecular weight is 417 g/mol. The highest BCUT2D eigenvalue weighted by atomic mass is 16.4. The molecule has 1 aromatic heterocycles. The molecule has 3 rings (SSSR count). The lowest BCUT2D eigenvalue weighted by atomic mass is 9.97. The molecule has 2 aliphatic rings. The third-order valence-corrected chi connectivity index (χ3v) is 6.55. The van der Waals surface area contributed by atoms with Crippen LogP contribution in [0.15, 0.2) is 18.3 Å². The maximum atomic E-state index is 11.6. The van der Waals surface area contributed by atoms with E-state index in [9.17, 15) is 9.90 Å². The first kappa shape index (κ1) is 22.5. The van der Waals surface area contributed by atoms with Gasteiger partial charge in [0.15, 0.2) is 0 Å². The SMILES string of the molecule is CCCC(C(=O)O)N1CCC(N2CCN(c3ccc(C(=N)NC)cn3)C[C@H]2C)CC1. The number of nitrogens with zero attached hydrogens (tertiary/aromatic N) is 4. The van der Waals surface area contributed by atoms with Crippen LogP contribution in [0.2, 0.25) is 0 Å². The number of nitrogens with one attached hydrogen (secondary N) is 2. The summed E-state index contributed by atoms with van der Waals surface area (Å²) in [6.07, 6.45) is 5.47. The third kappa shape index (κ3) is 5.10. The molecule has 2 atom stereocenters. The Morgan fingerprint density at radius 3 is 2.57 bits per heavy atom. The molecule has 166 valence electrons. The second kappa shape index (κ2) is 10.2. The topological polar surface area (TPSA) is 95.8 Å². The lowest BCUT2D eigenvalue weighted by Crippen LogP contribution is -2.58. The molecule has 0 amide bonds. The van der Waals surface area contributed by atoms with E-state index in [1.54, 1.807) is 13.2 Å². The van der Waals surface area contributed by atoms with Crippen molar-refractivity contribution in [2.24, 2.45) is 0 Å². The van der Waals surface area contributed by atoms with Gasteiger partial charge in [0, 0.05) is 63.6 Å². The molecule has 1 unspecified atom stereocenters. The van der Waals surface area contributed by atoms with Gasteiger partial charge >= 0.3 is 5.97 Å². The fourth-order valence-electron chi connectivity index (χ4n) is 4.85. The van der Waals surface area contributed by atoms with Crippen LogP contribution < -0.4 is 10.2 Å². The summed E-state index contributed by atoms with van der Waals surface area (Å²) in [5.41, 5.74) is 0.794. The monoisotopic (exact) mass is 416 g/mol. The number of carboxylic acids is 1. The summed E-state index contributed by atoms with van der Waals surface area (Å²) in [7, 11) is 1.74. The number of rotatable bonds is 7. The number of carbonyl (C=O) groups is 1. The van der Waals surface area contributed by atoms with E-state index in [0.29, 0.717) is 17.9 Å². The number of aromatic nitrogens is 1. The van der Waals surface area contributed by atoms with Crippen LogP contribution in [0.5, 0.6) is 0 Å². The molecule has 8 heteroatoms. The quantitative estimate of drug-likeness (QED) is 0.461. The average Bonchev–Trinajstić information content (AvgIpc) is 2.77. The summed E-state index contributed by atoms with van der Waals surface area (Å²) in [5.74, 6) is 0.663. The number of carboxylic acid groups (broad SMARTS) is 1. The van der Waals surface area contributed by atoms with Gasteiger partial charge in [-0.2, -0.15) is 0 Å². The minimum absolute atomic E-state index is 0.330. The van der Waals surface area contributed by atoms with Crippen molar-refractivity contribution >= 4 is 17.6 Å². The molecule has 30 heavy (non-hydrogen) atoms. The lowest BCUT2D eigenvalue weighted by molar-refractivity contribution is -0.144. The molecule has 2 saturated heterocycles. The summed E-state index contributed by atoms with van der Waals surface area (Å²) in [4.78, 5) is 23.3. The fourth-order valence-corrected chi connectivity index (χ4v) is 4.85. The maximum absolute atomic E-state index is 11.6. The molecule has 3 N–H and O–H groups in total. The number of piperidine rings is 1. The Hall–Kier alpha value is -2.19. The number of piperazine rings is 1. The first-order valence-electron chi connectivity index (χ1n) is 11.1. The van der Waals surface area contributed by atoms with E-state index in [1.807, 2.05) is 12.1 Å². The van der Waals surface area contributed by atoms with Crippen molar-refractivity contribution in [1.82, 2.24) is 20.1 Å². The van der Waals surface area contributed by atoms with Gasteiger partial charge < -0.3 is 15.3 Å². The fraction of sp³-hybridized carbons (Fsp3) is 0.682. The van der Waals surface area contributed by atoms with Gasteiger partial charge in [-0.25, -0.2) is 4.98 Å². The number of amidine groups is 1. The standard InChI is InChI=1S/C22H36N6O2/c1-4-5-19(22(29)30)26-10-8-18(9-11-26)28-13-12-27(15-16(28)2)20-7-6-17(14-25-20)21(23)24-3/h6-7,14,16,18-19H,4-5,8-13,15H2,1-3H3,(H2,23,24)(H,29,30)/t16-,19?/m1/s1. The Bertz CT molecular complexity index is 717. The van der Waals surface area contributed by atoms with E-state index < -0.39 is 5.97 Å². The number of likely N-dealkylation sites (tertiary alicyclic amines) is 1. The van der Waals surface area contributed by atoms with Gasteiger partial charge in [-0.15, -0.1) is 0 Å². The van der Waals surface area contributed by atoms with Crippen molar-refractivity contribution in [3.63, 3.8) is 0 Å². The van der Waals surface area contributed by atoms with E-state index in [2.05, 4.69) is 38.8 Å². The predicted molar refractivity (Wildman–Crippen MR) is 119 cm³/mol. The molecule has 0 aromatic carbocycles. The molecule has 0 aliphatic carbocycles. The second-order valence-corrected chi connectivity index (χ2v) is 8.47. The van der Waals surface area contributed by atoms with E-state index in [1.165, 1.54) is 0 Å². The first-order valence-corrected chi connectivity index (χ1v) is 11.1. The van der Waals surface area contributed by atoms with E-state index >= 15 is 0 Å². The maximum Gasteiger partial charge on any atom is 0.320 e. The normalized spacial score (nSPS) is 22.6. The van der Waals surface area contributed by atoms with Crippen molar-refractivity contribution in [3.05, 3.63) is 23.9 Å². The van der Waals surface area contributed by atoms with Gasteiger partial charge in [-0.05, 0) is 38.3 Å². The molecule has 3 heterocycles. The number of hydrogen-bond donors (Lipinski definition) is 3. The van der Waals surface area contributed by atoms with Crippen LogP contribution in [0.1, 0.15) is 45.1 Å². The van der Waals surface area contributed by atoms with Gasteiger partial charge in [-0.1, -0.05) is 13.3 Å². The Morgan fingerprint density at radius 1 is 1.30 bits per heavy atom. The Balaban J connectivity index is 1.53. The number of aliphatic carboxylic acids is 1. The third-order valence-electron chi connectivity index (χ3n) is 6.55. The summed E-state index contributed by atoms with van der Waals surface area (Å²) >= 11 is 0. The van der Waals surface area contributed by atoms with Gasteiger partial charge in [0.1, 0.15) is 17.7 Å². The summed E-state index contributed by atoms with van der Waals surface area (Å²) in [6, 6.07) is 4.58. The molecule has 8 nitrogen and oxygen atoms in total. The first-order chi connectivity index (χ1) is 14.4. The highest BCUT2D eigenvalue weighted by molar-refractivity contribution is 5.95. The van der Waals surface area contributed by atoms with E-state index in [0.717, 1.165) is 69.8 Å². The number of pyridine rings is 1. The van der Waals surface area contributed by atoms with Crippen molar-refractivity contribution in [2.45, 2.75) is 57.7 Å². The lowest BCUT2D eigenvalue weighted by Gasteiger charge is -2.47. The minimum Gasteiger partial charge on any atom is -0.480 e. The highest BCUT2D eigenvalue weighted by Gasteiger charge is 2.34. The van der Waals surface area contributed by atoms with Gasteiger partial charge in [0.2, 0.25) is 0 Å². The van der Waals surface area contributed by atoms with Gasteiger partial charge in [0.25, 0.3) is 0 Å². The van der Waals surface area contributed by atoms with Crippen molar-refractivity contribution < 1.29 is 9.90 Å². The van der Waals surface area contributed by atoms with Crippen molar-refractivity contribution in [3.8, 4) is 0 Å². The molecule has 1 aromatic rings. The summed E-state index contributed by atoms with van der Waals surface area (Å²) < 4.78 is 0. The summed E-state index contributed by atoms with van der Waals surface area (Å²) in [6.45, 7) is 8.94. The highest BCUT2D eigenvalue weighted by Crippen LogP contribution is 2.25. The Labute approximate surface area is 179 Å². The minimum atomic E-state index is -0.680. The smallest absolute Gasteiger partial charge is 0.320 e. The summed E-state index contributed by atoms with van der Waals surface area (Å²) in [5, 5.41) is 20.2. The van der Waals surface area contributed by atoms with Gasteiger partial charge in [-0.3, -0.25) is 20.0 Å². The van der Waals surface area contributed by atoms with Gasteiger partial charge in [0.05, 0.1) is 0 Å².